The van der Waals surface area contributed by atoms with Gasteiger partial charge in [-0.15, -0.1) is 0 Å². The maximum atomic E-state index is 12.9. The summed E-state index contributed by atoms with van der Waals surface area (Å²) in [6.45, 7) is 2.24. The topological polar surface area (TPSA) is 40.5 Å². The molecule has 9 atom stereocenters. The van der Waals surface area contributed by atoms with Gasteiger partial charge in [-0.25, -0.2) is 21.8 Å². The van der Waals surface area contributed by atoms with E-state index >= 15 is 0 Å². The van der Waals surface area contributed by atoms with Crippen molar-refractivity contribution in [2.45, 2.75) is 91.8 Å². The number of hydrogen-bond donors (Lipinski definition) is 4. The van der Waals surface area contributed by atoms with E-state index in [4.69, 9.17) is 0 Å². The fourth-order valence-corrected chi connectivity index (χ4v) is 16.8. The molecule has 0 aromatic carbocycles. The first-order chi connectivity index (χ1) is 12.2. The van der Waals surface area contributed by atoms with Gasteiger partial charge >= 0.3 is 6.18 Å². The second-order valence-corrected chi connectivity index (χ2v) is 15.2. The smallest absolute Gasteiger partial charge is 0.393 e. The van der Waals surface area contributed by atoms with Crippen LogP contribution in [0.15, 0.2) is 0 Å². The number of alkyl halides is 3. The molecule has 2 N–H and O–H groups in total. The third-order valence-corrected chi connectivity index (χ3v) is 16.4. The predicted molar refractivity (Wildman–Crippen MR) is 106 cm³/mol. The Morgan fingerprint density at radius 1 is 1.08 bits per heavy atom. The van der Waals surface area contributed by atoms with Crippen molar-refractivity contribution in [3.63, 3.8) is 0 Å². The molecule has 0 aromatic heterocycles. The summed E-state index contributed by atoms with van der Waals surface area (Å²) in [6, 6.07) is 0. The standard InChI is InChI=1S/C19H33F3O2S2/c1-18-7-4-17-25-8-5-13(23)11-14(25)6-9-26(17)16(18)3-2-12(18)10-15(24)19(20,21)22/h12-17,23-26H,2-11H2,1H3/t12?,13?,14?,15?,16?,17?,18-/m1/s1. The summed E-state index contributed by atoms with van der Waals surface area (Å²) in [4.78, 5) is 0. The number of aliphatic hydroxyl groups excluding tert-OH is 2. The molecule has 0 bridgehead atoms. The van der Waals surface area contributed by atoms with Crippen LogP contribution in [0.4, 0.5) is 13.2 Å². The largest absolute Gasteiger partial charge is 0.414 e. The summed E-state index contributed by atoms with van der Waals surface area (Å²) in [5.41, 5.74) is 0.00586. The molecule has 0 aromatic rings. The molecule has 3 aliphatic heterocycles. The minimum Gasteiger partial charge on any atom is -0.393 e. The lowest BCUT2D eigenvalue weighted by Gasteiger charge is -2.59. The molecule has 4 fully saturated rings. The molecule has 2 nitrogen and oxygen atoms in total. The van der Waals surface area contributed by atoms with Gasteiger partial charge in [0, 0.05) is 4.58 Å². The van der Waals surface area contributed by atoms with Gasteiger partial charge in [-0.3, -0.25) is 0 Å². The second-order valence-electron chi connectivity index (χ2n) is 9.20. The predicted octanol–water partition coefficient (Wildman–Crippen LogP) is 4.13. The molecule has 4 rings (SSSR count). The summed E-state index contributed by atoms with van der Waals surface area (Å²) in [5, 5.41) is 21.0. The van der Waals surface area contributed by atoms with Crippen LogP contribution >= 0.6 is 21.8 Å². The highest BCUT2D eigenvalue weighted by molar-refractivity contribution is 8.34. The van der Waals surface area contributed by atoms with E-state index in [0.717, 1.165) is 41.9 Å². The van der Waals surface area contributed by atoms with Crippen molar-refractivity contribution in [2.75, 3.05) is 11.5 Å². The Hall–Kier alpha value is 0.410. The Morgan fingerprint density at radius 2 is 1.81 bits per heavy atom. The van der Waals surface area contributed by atoms with Crippen LogP contribution in [0.3, 0.4) is 0 Å². The van der Waals surface area contributed by atoms with Crippen LogP contribution in [0.1, 0.15) is 58.3 Å². The first-order valence-corrected chi connectivity index (χ1v) is 13.5. The van der Waals surface area contributed by atoms with Gasteiger partial charge in [-0.2, -0.15) is 13.2 Å². The van der Waals surface area contributed by atoms with Gasteiger partial charge in [-0.05, 0) is 84.7 Å². The molecule has 4 aliphatic rings. The molecule has 0 spiro atoms. The SMILES string of the molecule is C[C@]12CCC3[SH]4CCC(O)CC4CC[SH]3C1CCC2CC(O)C(F)(F)F. The van der Waals surface area contributed by atoms with Crippen molar-refractivity contribution in [3.8, 4) is 0 Å². The third-order valence-electron chi connectivity index (χ3n) is 7.93. The lowest BCUT2D eigenvalue weighted by Crippen LogP contribution is -2.46. The monoisotopic (exact) mass is 414 g/mol. The zero-order valence-electron chi connectivity index (χ0n) is 15.5. The molecule has 0 amide bonds. The maximum absolute atomic E-state index is 12.9. The number of rotatable bonds is 2. The van der Waals surface area contributed by atoms with Crippen LogP contribution < -0.4 is 0 Å². The Labute approximate surface area is 160 Å². The zero-order valence-corrected chi connectivity index (χ0v) is 17.2. The Morgan fingerprint density at radius 3 is 2.54 bits per heavy atom. The zero-order chi connectivity index (χ0) is 18.7. The summed E-state index contributed by atoms with van der Waals surface area (Å²) in [5.74, 6) is 2.50. The van der Waals surface area contributed by atoms with Gasteiger partial charge in [-0.1, -0.05) is 6.92 Å². The molecule has 8 unspecified atom stereocenters. The van der Waals surface area contributed by atoms with E-state index in [9.17, 15) is 23.4 Å². The number of hydrogen-bond acceptors (Lipinski definition) is 2. The minimum absolute atomic E-state index is 0.00586. The second kappa shape index (κ2) is 7.03. The lowest BCUT2D eigenvalue weighted by molar-refractivity contribution is -0.210. The fourth-order valence-electron chi connectivity index (χ4n) is 6.49. The van der Waals surface area contributed by atoms with Crippen molar-refractivity contribution in [1.82, 2.24) is 0 Å². The molecular formula is C19H33F3O2S2. The lowest BCUT2D eigenvalue weighted by atomic mass is 9.73. The normalized spacial score (nSPS) is 52.6. The average Bonchev–Trinajstić information content (AvgIpc) is 2.90. The van der Waals surface area contributed by atoms with Crippen LogP contribution in [0, 0.1) is 11.3 Å². The molecule has 26 heavy (non-hydrogen) atoms. The van der Waals surface area contributed by atoms with Crippen molar-refractivity contribution in [3.05, 3.63) is 0 Å². The van der Waals surface area contributed by atoms with E-state index in [1.54, 1.807) is 0 Å². The van der Waals surface area contributed by atoms with Gasteiger partial charge in [0.2, 0.25) is 0 Å². The molecule has 3 saturated heterocycles. The van der Waals surface area contributed by atoms with E-state index in [1.807, 2.05) is 0 Å². The van der Waals surface area contributed by atoms with Crippen LogP contribution in [0.25, 0.3) is 0 Å². The molecule has 1 aliphatic carbocycles. The van der Waals surface area contributed by atoms with Crippen LogP contribution in [0.2, 0.25) is 0 Å². The van der Waals surface area contributed by atoms with Crippen molar-refractivity contribution in [1.29, 1.82) is 0 Å². The number of fused-ring (bicyclic) bond motifs is 5. The van der Waals surface area contributed by atoms with Crippen molar-refractivity contribution in [2.24, 2.45) is 11.3 Å². The molecule has 154 valence electrons. The van der Waals surface area contributed by atoms with Gasteiger partial charge in [0.15, 0.2) is 0 Å². The van der Waals surface area contributed by atoms with E-state index in [1.165, 1.54) is 24.3 Å². The highest BCUT2D eigenvalue weighted by Gasteiger charge is 2.56. The average molecular weight is 415 g/mol. The summed E-state index contributed by atoms with van der Waals surface area (Å²) in [6.07, 6.45) is 0.524. The maximum Gasteiger partial charge on any atom is 0.414 e. The molecule has 3 heterocycles. The Bertz CT molecular complexity index is 531. The molecule has 0 radical (unpaired) electrons. The summed E-state index contributed by atoms with van der Waals surface area (Å²) in [7, 11) is -0.0749. The van der Waals surface area contributed by atoms with E-state index in [-0.39, 0.29) is 45.6 Å². The number of halogens is 3. The number of thiol groups is 2. The van der Waals surface area contributed by atoms with Gasteiger partial charge < -0.3 is 10.2 Å². The molecular weight excluding hydrogens is 381 g/mol. The summed E-state index contributed by atoms with van der Waals surface area (Å²) < 4.78 is 39.5. The molecule has 1 saturated carbocycles. The Balaban J connectivity index is 1.48. The first kappa shape index (κ1) is 19.7. The summed E-state index contributed by atoms with van der Waals surface area (Å²) >= 11 is 0. The van der Waals surface area contributed by atoms with E-state index < -0.39 is 12.3 Å². The Kier molecular flexibility index (Phi) is 5.33. The number of aliphatic hydroxyl groups is 2. The van der Waals surface area contributed by atoms with Gasteiger partial charge in [0.25, 0.3) is 0 Å². The minimum atomic E-state index is -4.48. The molecule has 7 heteroatoms. The first-order valence-electron chi connectivity index (χ1n) is 10.1. The quantitative estimate of drug-likeness (QED) is 0.513. The van der Waals surface area contributed by atoms with Crippen molar-refractivity contribution >= 4 is 21.8 Å². The van der Waals surface area contributed by atoms with E-state index in [0.29, 0.717) is 5.25 Å². The van der Waals surface area contributed by atoms with Crippen LogP contribution in [0.5, 0.6) is 0 Å². The fraction of sp³-hybridized carbons (Fsp3) is 1.00. The highest BCUT2D eigenvalue weighted by Crippen LogP contribution is 2.71. The third kappa shape index (κ3) is 3.33. The highest BCUT2D eigenvalue weighted by atomic mass is 32.3. The van der Waals surface area contributed by atoms with E-state index in [2.05, 4.69) is 6.92 Å². The van der Waals surface area contributed by atoms with Crippen LogP contribution in [-0.2, 0) is 0 Å². The van der Waals surface area contributed by atoms with Crippen LogP contribution in [-0.4, -0.2) is 55.2 Å². The van der Waals surface area contributed by atoms with Crippen molar-refractivity contribution < 1.29 is 23.4 Å². The van der Waals surface area contributed by atoms with Gasteiger partial charge in [0.05, 0.1) is 6.10 Å². The van der Waals surface area contributed by atoms with Gasteiger partial charge in [0.1, 0.15) is 6.10 Å².